The van der Waals surface area contributed by atoms with Crippen LogP contribution < -0.4 is 5.32 Å². The molecule has 1 aliphatic rings. The van der Waals surface area contributed by atoms with Crippen molar-refractivity contribution in [2.24, 2.45) is 11.8 Å². The monoisotopic (exact) mass is 212 g/mol. The molecule has 1 atom stereocenters. The average molecular weight is 212 g/mol. The van der Waals surface area contributed by atoms with E-state index >= 15 is 0 Å². The maximum atomic E-state index is 11.9. The summed E-state index contributed by atoms with van der Waals surface area (Å²) in [5, 5.41) is 3.40. The Labute approximate surface area is 93.2 Å². The molecule has 0 aliphatic heterocycles. The first kappa shape index (κ1) is 12.5. The first-order chi connectivity index (χ1) is 7.00. The second-order valence-corrected chi connectivity index (χ2v) is 5.27. The molecule has 1 N–H and O–H groups in total. The van der Waals surface area contributed by atoms with Crippen molar-refractivity contribution < 1.29 is 4.79 Å². The van der Waals surface area contributed by atoms with Crippen LogP contribution in [0.25, 0.3) is 0 Å². The molecule has 0 aromatic carbocycles. The van der Waals surface area contributed by atoms with Crippen LogP contribution in [0, 0.1) is 11.8 Å². The van der Waals surface area contributed by atoms with Gasteiger partial charge in [0.2, 0.25) is 5.91 Å². The maximum absolute atomic E-state index is 11.9. The maximum Gasteiger partial charge on any atom is 0.239 e. The van der Waals surface area contributed by atoms with Crippen molar-refractivity contribution in [3.63, 3.8) is 0 Å². The highest BCUT2D eigenvalue weighted by atomic mass is 16.2. The highest BCUT2D eigenvalue weighted by Crippen LogP contribution is 2.27. The molecule has 1 saturated carbocycles. The topological polar surface area (TPSA) is 32.3 Å². The van der Waals surface area contributed by atoms with Gasteiger partial charge in [0.25, 0.3) is 0 Å². The van der Waals surface area contributed by atoms with Crippen LogP contribution in [-0.4, -0.2) is 37.5 Å². The molecule has 0 aromatic rings. The predicted octanol–water partition coefficient (Wildman–Crippen LogP) is 1.49. The fourth-order valence-electron chi connectivity index (χ4n) is 1.69. The second kappa shape index (κ2) is 5.50. The summed E-state index contributed by atoms with van der Waals surface area (Å²) >= 11 is 0. The molecule has 1 fully saturated rings. The average Bonchev–Trinajstić information content (AvgIpc) is 2.93. The minimum atomic E-state index is 0.0144. The summed E-state index contributed by atoms with van der Waals surface area (Å²) in [5.41, 5.74) is 0. The summed E-state index contributed by atoms with van der Waals surface area (Å²) in [5.74, 6) is 1.60. The lowest BCUT2D eigenvalue weighted by Gasteiger charge is -2.23. The molecule has 0 bridgehead atoms. The van der Waals surface area contributed by atoms with E-state index in [0.717, 1.165) is 18.9 Å². The van der Waals surface area contributed by atoms with Gasteiger partial charge in [-0.25, -0.2) is 0 Å². The highest BCUT2D eigenvalue weighted by Gasteiger charge is 2.26. The van der Waals surface area contributed by atoms with E-state index in [2.05, 4.69) is 19.2 Å². The number of nitrogens with one attached hydrogen (secondary N) is 1. The van der Waals surface area contributed by atoms with Crippen LogP contribution in [0.4, 0.5) is 0 Å². The van der Waals surface area contributed by atoms with Gasteiger partial charge in [-0.2, -0.15) is 0 Å². The van der Waals surface area contributed by atoms with E-state index in [1.165, 1.54) is 12.8 Å². The number of hydrogen-bond acceptors (Lipinski definition) is 2. The van der Waals surface area contributed by atoms with Gasteiger partial charge >= 0.3 is 0 Å². The highest BCUT2D eigenvalue weighted by molar-refractivity contribution is 5.81. The van der Waals surface area contributed by atoms with Gasteiger partial charge < -0.3 is 10.2 Å². The van der Waals surface area contributed by atoms with E-state index in [4.69, 9.17) is 0 Å². The van der Waals surface area contributed by atoms with Gasteiger partial charge in [0.1, 0.15) is 0 Å². The number of rotatable bonds is 6. The van der Waals surface area contributed by atoms with Crippen LogP contribution in [-0.2, 0) is 4.79 Å². The van der Waals surface area contributed by atoms with E-state index in [1.54, 1.807) is 4.90 Å². The number of amides is 1. The molecule has 1 rings (SSSR count). The van der Waals surface area contributed by atoms with Gasteiger partial charge in [-0.1, -0.05) is 13.8 Å². The van der Waals surface area contributed by atoms with Gasteiger partial charge in [0.15, 0.2) is 0 Å². The van der Waals surface area contributed by atoms with Gasteiger partial charge in [-0.3, -0.25) is 4.79 Å². The fraction of sp³-hybridized carbons (Fsp3) is 0.917. The minimum Gasteiger partial charge on any atom is -0.347 e. The van der Waals surface area contributed by atoms with Crippen LogP contribution >= 0.6 is 0 Å². The van der Waals surface area contributed by atoms with Crippen molar-refractivity contribution in [2.75, 3.05) is 20.6 Å². The number of likely N-dealkylation sites (N-methyl/N-ethyl adjacent to an activating group) is 1. The first-order valence-electron chi connectivity index (χ1n) is 5.95. The Balaban J connectivity index is 2.39. The smallest absolute Gasteiger partial charge is 0.239 e. The van der Waals surface area contributed by atoms with Crippen molar-refractivity contribution >= 4 is 5.91 Å². The zero-order valence-electron chi connectivity index (χ0n) is 10.4. The Hall–Kier alpha value is -0.570. The van der Waals surface area contributed by atoms with E-state index in [9.17, 15) is 4.79 Å². The van der Waals surface area contributed by atoms with Crippen LogP contribution in [0.1, 0.15) is 33.1 Å². The lowest BCUT2D eigenvalue weighted by atomic mass is 10.0. The van der Waals surface area contributed by atoms with Gasteiger partial charge in [0, 0.05) is 14.1 Å². The standard InChI is InChI=1S/C12H24N2O/c1-9(2)7-11(12(15)14(3)4)13-8-10-5-6-10/h9-11,13H,5-8H2,1-4H3. The molecule has 3 heteroatoms. The van der Waals surface area contributed by atoms with Crippen molar-refractivity contribution in [2.45, 2.75) is 39.2 Å². The zero-order valence-corrected chi connectivity index (χ0v) is 10.4. The predicted molar refractivity (Wildman–Crippen MR) is 62.7 cm³/mol. The van der Waals surface area contributed by atoms with E-state index in [-0.39, 0.29) is 11.9 Å². The molecular formula is C12H24N2O. The molecule has 3 nitrogen and oxygen atoms in total. The molecule has 0 spiro atoms. The largest absolute Gasteiger partial charge is 0.347 e. The quantitative estimate of drug-likeness (QED) is 0.723. The molecule has 0 saturated heterocycles. The van der Waals surface area contributed by atoms with Crippen molar-refractivity contribution in [3.05, 3.63) is 0 Å². The van der Waals surface area contributed by atoms with Gasteiger partial charge in [0.05, 0.1) is 6.04 Å². The van der Waals surface area contributed by atoms with Gasteiger partial charge in [-0.15, -0.1) is 0 Å². The molecule has 88 valence electrons. The molecular weight excluding hydrogens is 188 g/mol. The Morgan fingerprint density at radius 1 is 1.40 bits per heavy atom. The molecule has 1 amide bonds. The van der Waals surface area contributed by atoms with Crippen molar-refractivity contribution in [1.82, 2.24) is 10.2 Å². The van der Waals surface area contributed by atoms with E-state index in [0.29, 0.717) is 5.92 Å². The van der Waals surface area contributed by atoms with Crippen LogP contribution in [0.2, 0.25) is 0 Å². The summed E-state index contributed by atoms with van der Waals surface area (Å²) in [6.07, 6.45) is 3.60. The Morgan fingerprint density at radius 2 is 2.00 bits per heavy atom. The van der Waals surface area contributed by atoms with E-state index in [1.807, 2.05) is 14.1 Å². The number of carbonyl (C=O) groups is 1. The summed E-state index contributed by atoms with van der Waals surface area (Å²) in [4.78, 5) is 13.6. The molecule has 1 aliphatic carbocycles. The fourth-order valence-corrected chi connectivity index (χ4v) is 1.69. The zero-order chi connectivity index (χ0) is 11.4. The van der Waals surface area contributed by atoms with Crippen LogP contribution in [0.3, 0.4) is 0 Å². The Bertz CT molecular complexity index is 210. The Morgan fingerprint density at radius 3 is 2.40 bits per heavy atom. The molecule has 0 radical (unpaired) electrons. The Kier molecular flexibility index (Phi) is 4.58. The normalized spacial score (nSPS) is 17.9. The summed E-state index contributed by atoms with van der Waals surface area (Å²) in [7, 11) is 3.66. The summed E-state index contributed by atoms with van der Waals surface area (Å²) < 4.78 is 0. The SMILES string of the molecule is CC(C)CC(NCC1CC1)C(=O)N(C)C. The third-order valence-corrected chi connectivity index (χ3v) is 2.80. The van der Waals surface area contributed by atoms with Gasteiger partial charge in [-0.05, 0) is 37.6 Å². The van der Waals surface area contributed by atoms with Crippen LogP contribution in [0.15, 0.2) is 0 Å². The lowest BCUT2D eigenvalue weighted by Crippen LogP contribution is -2.45. The third kappa shape index (κ3) is 4.65. The summed E-state index contributed by atoms with van der Waals surface area (Å²) in [6, 6.07) is 0.0144. The molecule has 0 aromatic heterocycles. The lowest BCUT2D eigenvalue weighted by molar-refractivity contribution is -0.131. The number of carbonyl (C=O) groups excluding carboxylic acids is 1. The molecule has 1 unspecified atom stereocenters. The first-order valence-corrected chi connectivity index (χ1v) is 5.95. The molecule has 0 heterocycles. The second-order valence-electron chi connectivity index (χ2n) is 5.27. The number of nitrogens with zero attached hydrogens (tertiary/aromatic N) is 1. The third-order valence-electron chi connectivity index (χ3n) is 2.80. The van der Waals surface area contributed by atoms with Crippen LogP contribution in [0.5, 0.6) is 0 Å². The van der Waals surface area contributed by atoms with Crippen molar-refractivity contribution in [3.8, 4) is 0 Å². The summed E-state index contributed by atoms with van der Waals surface area (Å²) in [6.45, 7) is 5.33. The van der Waals surface area contributed by atoms with E-state index < -0.39 is 0 Å². The molecule has 15 heavy (non-hydrogen) atoms. The van der Waals surface area contributed by atoms with Crippen molar-refractivity contribution in [1.29, 1.82) is 0 Å². The number of hydrogen-bond donors (Lipinski definition) is 1. The minimum absolute atomic E-state index is 0.0144.